The van der Waals surface area contributed by atoms with Crippen LogP contribution < -0.4 is 11.3 Å². The Hall–Kier alpha value is -1.98. The van der Waals surface area contributed by atoms with Crippen molar-refractivity contribution in [1.29, 1.82) is 0 Å². The van der Waals surface area contributed by atoms with Gasteiger partial charge in [-0.15, -0.1) is 0 Å². The molecule has 3 N–H and O–H groups in total. The fourth-order valence-corrected chi connectivity index (χ4v) is 2.13. The summed E-state index contributed by atoms with van der Waals surface area (Å²) in [5.41, 5.74) is 5.90. The number of hydrogen-bond donors (Lipinski definition) is 2. The lowest BCUT2D eigenvalue weighted by atomic mass is 10.2. The molecule has 0 fully saturated rings. The molecule has 1 heterocycles. The van der Waals surface area contributed by atoms with Crippen molar-refractivity contribution in [2.24, 2.45) is 10.9 Å². The Kier molecular flexibility index (Phi) is 4.32. The van der Waals surface area contributed by atoms with Gasteiger partial charge >= 0.3 is 0 Å². The number of nitrogens with two attached hydrogens (primary N) is 1. The molecule has 0 saturated carbocycles. The van der Waals surface area contributed by atoms with Gasteiger partial charge < -0.3 is 15.5 Å². The van der Waals surface area contributed by atoms with E-state index >= 15 is 0 Å². The average Bonchev–Trinajstić information content (AvgIpc) is 2.44. The van der Waals surface area contributed by atoms with Crippen molar-refractivity contribution in [1.82, 2.24) is 4.57 Å². The highest BCUT2D eigenvalue weighted by Gasteiger charge is 2.09. The van der Waals surface area contributed by atoms with Crippen molar-refractivity contribution in [2.75, 3.05) is 0 Å². The van der Waals surface area contributed by atoms with E-state index in [1.807, 2.05) is 0 Å². The van der Waals surface area contributed by atoms with Gasteiger partial charge in [0.05, 0.1) is 12.1 Å². The van der Waals surface area contributed by atoms with Crippen LogP contribution in [0.15, 0.2) is 46.5 Å². The molecule has 5 nitrogen and oxygen atoms in total. The van der Waals surface area contributed by atoms with Gasteiger partial charge in [-0.3, -0.25) is 4.79 Å². The number of benzene rings is 1. The summed E-state index contributed by atoms with van der Waals surface area (Å²) in [7, 11) is 0. The molecule has 0 bridgehead atoms. The second-order valence-electron chi connectivity index (χ2n) is 4.08. The van der Waals surface area contributed by atoms with E-state index in [0.717, 1.165) is 0 Å². The van der Waals surface area contributed by atoms with Crippen LogP contribution in [0.4, 0.5) is 0 Å². The Balaban J connectivity index is 2.45. The number of nitrogens with zero attached hydrogens (tertiary/aromatic N) is 2. The lowest BCUT2D eigenvalue weighted by Gasteiger charge is -2.09. The number of oxime groups is 1. The summed E-state index contributed by atoms with van der Waals surface area (Å²) in [6.45, 7) is 0.241. The normalized spacial score (nSPS) is 11.6. The second-order valence-corrected chi connectivity index (χ2v) is 4.92. The maximum atomic E-state index is 12.2. The number of halogens is 2. The topological polar surface area (TPSA) is 80.6 Å². The largest absolute Gasteiger partial charge is 0.409 e. The van der Waals surface area contributed by atoms with E-state index < -0.39 is 0 Å². The third kappa shape index (κ3) is 2.95. The zero-order valence-corrected chi connectivity index (χ0v) is 11.8. The maximum Gasteiger partial charge on any atom is 0.261 e. The Labute approximate surface area is 124 Å². The molecule has 0 unspecified atom stereocenters. The number of rotatable bonds is 3. The number of aromatic nitrogens is 1. The molecule has 0 radical (unpaired) electrons. The predicted molar refractivity (Wildman–Crippen MR) is 78.8 cm³/mol. The molecule has 2 aromatic rings. The lowest BCUT2D eigenvalue weighted by molar-refractivity contribution is 0.318. The van der Waals surface area contributed by atoms with Gasteiger partial charge in [-0.05, 0) is 35.9 Å². The van der Waals surface area contributed by atoms with E-state index in [2.05, 4.69) is 5.16 Å². The molecule has 1 aromatic carbocycles. The SMILES string of the molecule is N/C(=N/O)c1cccn(Cc2cc(Cl)ccc2Cl)c1=O. The molecule has 0 aliphatic heterocycles. The van der Waals surface area contributed by atoms with Gasteiger partial charge in [0, 0.05) is 16.2 Å². The lowest BCUT2D eigenvalue weighted by Crippen LogP contribution is -2.29. The molecule has 0 amide bonds. The van der Waals surface area contributed by atoms with E-state index in [1.54, 1.807) is 30.5 Å². The maximum absolute atomic E-state index is 12.2. The summed E-state index contributed by atoms with van der Waals surface area (Å²) >= 11 is 12.0. The molecule has 2 rings (SSSR count). The standard InChI is InChI=1S/C13H11Cl2N3O2/c14-9-3-4-11(15)8(6-9)7-18-5-1-2-10(13(18)19)12(16)17-20/h1-6,20H,7H2,(H2,16,17). The van der Waals surface area contributed by atoms with E-state index in [9.17, 15) is 4.79 Å². The first-order valence-electron chi connectivity index (χ1n) is 5.64. The summed E-state index contributed by atoms with van der Waals surface area (Å²) < 4.78 is 1.41. The second kappa shape index (κ2) is 5.98. The zero-order valence-electron chi connectivity index (χ0n) is 10.3. The minimum Gasteiger partial charge on any atom is -0.409 e. The van der Waals surface area contributed by atoms with E-state index in [1.165, 1.54) is 10.6 Å². The molecule has 1 aromatic heterocycles. The van der Waals surface area contributed by atoms with Gasteiger partial charge in [0.15, 0.2) is 5.84 Å². The van der Waals surface area contributed by atoms with Crippen molar-refractivity contribution in [2.45, 2.75) is 6.54 Å². The Morgan fingerprint density at radius 3 is 2.80 bits per heavy atom. The van der Waals surface area contributed by atoms with Crippen molar-refractivity contribution in [3.63, 3.8) is 0 Å². The highest BCUT2D eigenvalue weighted by molar-refractivity contribution is 6.33. The van der Waals surface area contributed by atoms with Crippen molar-refractivity contribution in [3.05, 3.63) is 68.1 Å². The van der Waals surface area contributed by atoms with E-state index in [-0.39, 0.29) is 23.5 Å². The van der Waals surface area contributed by atoms with E-state index in [4.69, 9.17) is 34.1 Å². The molecule has 0 atom stereocenters. The highest BCUT2D eigenvalue weighted by atomic mass is 35.5. The summed E-state index contributed by atoms with van der Waals surface area (Å²) in [4.78, 5) is 12.2. The zero-order chi connectivity index (χ0) is 14.7. The number of hydrogen-bond acceptors (Lipinski definition) is 3. The van der Waals surface area contributed by atoms with Crippen molar-refractivity contribution in [3.8, 4) is 0 Å². The van der Waals surface area contributed by atoms with Crippen molar-refractivity contribution >= 4 is 29.0 Å². The van der Waals surface area contributed by atoms with Crippen LogP contribution >= 0.6 is 23.2 Å². The van der Waals surface area contributed by atoms with Crippen LogP contribution in [-0.2, 0) is 6.54 Å². The molecule has 104 valence electrons. The minimum atomic E-state index is -0.376. The molecule has 0 saturated heterocycles. The van der Waals surface area contributed by atoms with Gasteiger partial charge in [0.25, 0.3) is 5.56 Å². The van der Waals surface area contributed by atoms with Gasteiger partial charge in [-0.2, -0.15) is 0 Å². The van der Waals surface area contributed by atoms with Crippen LogP contribution in [0, 0.1) is 0 Å². The first-order chi connectivity index (χ1) is 9.52. The quantitative estimate of drug-likeness (QED) is 0.395. The van der Waals surface area contributed by atoms with Crippen LogP contribution in [0.5, 0.6) is 0 Å². The molecule has 0 spiro atoms. The first-order valence-corrected chi connectivity index (χ1v) is 6.40. The molecule has 0 aliphatic carbocycles. The fourth-order valence-electron chi connectivity index (χ4n) is 1.76. The Morgan fingerprint density at radius 2 is 2.10 bits per heavy atom. The third-order valence-corrected chi connectivity index (χ3v) is 3.36. The van der Waals surface area contributed by atoms with Gasteiger partial charge in [0.1, 0.15) is 0 Å². The monoisotopic (exact) mass is 311 g/mol. The third-order valence-electron chi connectivity index (χ3n) is 2.75. The summed E-state index contributed by atoms with van der Waals surface area (Å²) in [6, 6.07) is 8.13. The summed E-state index contributed by atoms with van der Waals surface area (Å²) in [6.07, 6.45) is 1.59. The van der Waals surface area contributed by atoms with Crippen molar-refractivity contribution < 1.29 is 5.21 Å². The number of amidine groups is 1. The Morgan fingerprint density at radius 1 is 1.35 bits per heavy atom. The van der Waals surface area contributed by atoms with Crippen LogP contribution in [0.3, 0.4) is 0 Å². The van der Waals surface area contributed by atoms with Crippen LogP contribution in [0.2, 0.25) is 10.0 Å². The minimum absolute atomic E-state index is 0.119. The molecular formula is C13H11Cl2N3O2. The molecular weight excluding hydrogens is 301 g/mol. The average molecular weight is 312 g/mol. The Bertz CT molecular complexity index is 726. The van der Waals surface area contributed by atoms with Crippen LogP contribution in [0.1, 0.15) is 11.1 Å². The number of pyridine rings is 1. The molecule has 7 heteroatoms. The summed E-state index contributed by atoms with van der Waals surface area (Å²) in [5, 5.41) is 12.5. The fraction of sp³-hybridized carbons (Fsp3) is 0.0769. The van der Waals surface area contributed by atoms with Crippen LogP contribution in [0.25, 0.3) is 0 Å². The van der Waals surface area contributed by atoms with Crippen LogP contribution in [-0.4, -0.2) is 15.6 Å². The smallest absolute Gasteiger partial charge is 0.261 e. The van der Waals surface area contributed by atoms with Gasteiger partial charge in [-0.1, -0.05) is 28.4 Å². The van der Waals surface area contributed by atoms with Gasteiger partial charge in [0.2, 0.25) is 0 Å². The molecule has 0 aliphatic rings. The summed E-state index contributed by atoms with van der Waals surface area (Å²) in [5.74, 6) is -0.235. The first kappa shape index (κ1) is 14.4. The van der Waals surface area contributed by atoms with Gasteiger partial charge in [-0.25, -0.2) is 0 Å². The predicted octanol–water partition coefficient (Wildman–Crippen LogP) is 2.30. The highest BCUT2D eigenvalue weighted by Crippen LogP contribution is 2.21. The molecule has 20 heavy (non-hydrogen) atoms. The van der Waals surface area contributed by atoms with E-state index in [0.29, 0.717) is 15.6 Å².